The van der Waals surface area contributed by atoms with Crippen molar-refractivity contribution >= 4 is 34.0 Å². The third-order valence-corrected chi connectivity index (χ3v) is 3.40. The third kappa shape index (κ3) is 2.23. The van der Waals surface area contributed by atoms with Gasteiger partial charge >= 0.3 is 0 Å². The molecule has 3 aromatic rings. The maximum atomic E-state index is 6.21. The SMILES string of the molecule is C=C[C@H](N)c1c2ccccc2cc2ccccc12.Cl. The molecule has 2 N–H and O–H groups in total. The molecule has 2 heteroatoms. The maximum Gasteiger partial charge on any atom is 0.0490 e. The van der Waals surface area contributed by atoms with Crippen LogP contribution in [-0.4, -0.2) is 0 Å². The molecule has 0 aromatic heterocycles. The fourth-order valence-electron chi connectivity index (χ4n) is 2.53. The normalized spacial score (nSPS) is 12.1. The zero-order valence-electron chi connectivity index (χ0n) is 10.5. The summed E-state index contributed by atoms with van der Waals surface area (Å²) in [6.07, 6.45) is 1.80. The van der Waals surface area contributed by atoms with Gasteiger partial charge in [0.1, 0.15) is 0 Å². The van der Waals surface area contributed by atoms with Crippen LogP contribution < -0.4 is 5.73 Å². The Morgan fingerprint density at radius 3 is 1.84 bits per heavy atom. The molecule has 0 saturated heterocycles. The van der Waals surface area contributed by atoms with Gasteiger partial charge in [0, 0.05) is 6.04 Å². The lowest BCUT2D eigenvalue weighted by Crippen LogP contribution is -2.07. The van der Waals surface area contributed by atoms with Gasteiger partial charge in [0.25, 0.3) is 0 Å². The van der Waals surface area contributed by atoms with Crippen LogP contribution in [0.4, 0.5) is 0 Å². The highest BCUT2D eigenvalue weighted by atomic mass is 35.5. The van der Waals surface area contributed by atoms with Gasteiger partial charge in [-0.25, -0.2) is 0 Å². The first kappa shape index (κ1) is 13.6. The van der Waals surface area contributed by atoms with Crippen LogP contribution in [0.3, 0.4) is 0 Å². The summed E-state index contributed by atoms with van der Waals surface area (Å²) in [7, 11) is 0. The van der Waals surface area contributed by atoms with E-state index in [1.165, 1.54) is 27.1 Å². The summed E-state index contributed by atoms with van der Waals surface area (Å²) in [5, 5.41) is 4.87. The summed E-state index contributed by atoms with van der Waals surface area (Å²) in [5.74, 6) is 0. The van der Waals surface area contributed by atoms with Gasteiger partial charge in [-0.1, -0.05) is 54.6 Å². The Balaban J connectivity index is 0.00000133. The minimum atomic E-state index is -0.138. The van der Waals surface area contributed by atoms with Gasteiger partial charge in [-0.15, -0.1) is 19.0 Å². The fourth-order valence-corrected chi connectivity index (χ4v) is 2.53. The number of halogens is 1. The molecule has 0 aliphatic carbocycles. The van der Waals surface area contributed by atoms with E-state index in [9.17, 15) is 0 Å². The van der Waals surface area contributed by atoms with Gasteiger partial charge in [-0.3, -0.25) is 0 Å². The summed E-state index contributed by atoms with van der Waals surface area (Å²) in [6, 6.07) is 18.8. The molecule has 0 saturated carbocycles. The van der Waals surface area contributed by atoms with Crippen molar-refractivity contribution in [3.8, 4) is 0 Å². The van der Waals surface area contributed by atoms with Crippen LogP contribution in [-0.2, 0) is 0 Å². The van der Waals surface area contributed by atoms with Crippen LogP contribution in [0.1, 0.15) is 11.6 Å². The summed E-state index contributed by atoms with van der Waals surface area (Å²) in [6.45, 7) is 3.83. The fraction of sp³-hybridized carbons (Fsp3) is 0.0588. The van der Waals surface area contributed by atoms with E-state index >= 15 is 0 Å². The molecule has 0 radical (unpaired) electrons. The van der Waals surface area contributed by atoms with Gasteiger partial charge in [0.05, 0.1) is 0 Å². The van der Waals surface area contributed by atoms with Crippen molar-refractivity contribution in [2.75, 3.05) is 0 Å². The average Bonchev–Trinajstić information content (AvgIpc) is 2.44. The van der Waals surface area contributed by atoms with Crippen molar-refractivity contribution in [2.45, 2.75) is 6.04 Å². The number of rotatable bonds is 2. The Labute approximate surface area is 119 Å². The monoisotopic (exact) mass is 269 g/mol. The van der Waals surface area contributed by atoms with E-state index in [0.717, 1.165) is 0 Å². The molecule has 96 valence electrons. The lowest BCUT2D eigenvalue weighted by molar-refractivity contribution is 0.935. The van der Waals surface area contributed by atoms with Crippen molar-refractivity contribution in [2.24, 2.45) is 5.73 Å². The third-order valence-electron chi connectivity index (χ3n) is 3.40. The molecule has 19 heavy (non-hydrogen) atoms. The Morgan fingerprint density at radius 1 is 0.895 bits per heavy atom. The predicted octanol–water partition coefficient (Wildman–Crippen LogP) is 4.60. The van der Waals surface area contributed by atoms with E-state index in [-0.39, 0.29) is 18.4 Å². The first-order chi connectivity index (χ1) is 8.81. The molecule has 3 rings (SSSR count). The van der Waals surface area contributed by atoms with E-state index in [1.807, 2.05) is 0 Å². The van der Waals surface area contributed by atoms with Crippen molar-refractivity contribution < 1.29 is 0 Å². The van der Waals surface area contributed by atoms with E-state index in [4.69, 9.17) is 5.73 Å². The molecule has 0 amide bonds. The number of fused-ring (bicyclic) bond motifs is 2. The molecule has 0 heterocycles. The second-order valence-corrected chi connectivity index (χ2v) is 4.49. The zero-order valence-corrected chi connectivity index (χ0v) is 11.4. The Kier molecular flexibility index (Phi) is 3.89. The smallest absolute Gasteiger partial charge is 0.0490 e. The number of hydrogen-bond donors (Lipinski definition) is 1. The summed E-state index contributed by atoms with van der Waals surface area (Å²) < 4.78 is 0. The lowest BCUT2D eigenvalue weighted by atomic mass is 9.92. The van der Waals surface area contributed by atoms with Crippen LogP contribution in [0.5, 0.6) is 0 Å². The van der Waals surface area contributed by atoms with E-state index in [2.05, 4.69) is 61.2 Å². The molecule has 1 nitrogen and oxygen atoms in total. The van der Waals surface area contributed by atoms with Gasteiger partial charge in [-0.2, -0.15) is 0 Å². The summed E-state index contributed by atoms with van der Waals surface area (Å²) in [4.78, 5) is 0. The highest BCUT2D eigenvalue weighted by Crippen LogP contribution is 2.32. The quantitative estimate of drug-likeness (QED) is 0.534. The molecule has 0 aliphatic heterocycles. The minimum absolute atomic E-state index is 0. The number of hydrogen-bond acceptors (Lipinski definition) is 1. The van der Waals surface area contributed by atoms with E-state index in [0.29, 0.717) is 0 Å². The molecule has 0 spiro atoms. The maximum absolute atomic E-state index is 6.21. The van der Waals surface area contributed by atoms with Gasteiger partial charge in [0.15, 0.2) is 0 Å². The molecular weight excluding hydrogens is 254 g/mol. The molecule has 0 bridgehead atoms. The molecule has 1 atom stereocenters. The molecular formula is C17H16ClN. The zero-order chi connectivity index (χ0) is 12.5. The van der Waals surface area contributed by atoms with Crippen LogP contribution >= 0.6 is 12.4 Å². The van der Waals surface area contributed by atoms with Gasteiger partial charge in [0.2, 0.25) is 0 Å². The standard InChI is InChI=1S/C17H15N.ClH/c1-2-16(18)17-14-9-5-3-7-12(14)11-13-8-4-6-10-15(13)17;/h2-11,16H,1,18H2;1H/t16-;/m0./s1. The molecule has 0 aliphatic rings. The van der Waals surface area contributed by atoms with Crippen molar-refractivity contribution in [1.82, 2.24) is 0 Å². The largest absolute Gasteiger partial charge is 0.321 e. The molecule has 0 fully saturated rings. The van der Waals surface area contributed by atoms with Gasteiger partial charge in [-0.05, 0) is 33.2 Å². The van der Waals surface area contributed by atoms with Crippen molar-refractivity contribution in [3.05, 3.63) is 72.8 Å². The Morgan fingerprint density at radius 2 is 1.37 bits per heavy atom. The minimum Gasteiger partial charge on any atom is -0.321 e. The van der Waals surface area contributed by atoms with Crippen LogP contribution in [0, 0.1) is 0 Å². The predicted molar refractivity (Wildman–Crippen MR) is 85.8 cm³/mol. The molecule has 3 aromatic carbocycles. The second kappa shape index (κ2) is 5.43. The van der Waals surface area contributed by atoms with Crippen molar-refractivity contribution in [1.29, 1.82) is 0 Å². The first-order valence-corrected chi connectivity index (χ1v) is 6.10. The van der Waals surface area contributed by atoms with E-state index < -0.39 is 0 Å². The number of nitrogens with two attached hydrogens (primary N) is 1. The Hall–Kier alpha value is -1.83. The van der Waals surface area contributed by atoms with Crippen molar-refractivity contribution in [3.63, 3.8) is 0 Å². The molecule has 0 unspecified atom stereocenters. The topological polar surface area (TPSA) is 26.0 Å². The van der Waals surface area contributed by atoms with Crippen LogP contribution in [0.2, 0.25) is 0 Å². The second-order valence-electron chi connectivity index (χ2n) is 4.49. The summed E-state index contributed by atoms with van der Waals surface area (Å²) >= 11 is 0. The first-order valence-electron chi connectivity index (χ1n) is 6.10. The highest BCUT2D eigenvalue weighted by Gasteiger charge is 2.11. The van der Waals surface area contributed by atoms with Crippen LogP contribution in [0.15, 0.2) is 67.3 Å². The number of benzene rings is 3. The Bertz CT molecular complexity index is 679. The average molecular weight is 270 g/mol. The highest BCUT2D eigenvalue weighted by molar-refractivity contribution is 6.02. The summed E-state index contributed by atoms with van der Waals surface area (Å²) in [5.41, 5.74) is 7.37. The van der Waals surface area contributed by atoms with Gasteiger partial charge < -0.3 is 5.73 Å². The van der Waals surface area contributed by atoms with Crippen LogP contribution in [0.25, 0.3) is 21.5 Å². The van der Waals surface area contributed by atoms with E-state index in [1.54, 1.807) is 6.08 Å². The lowest BCUT2D eigenvalue weighted by Gasteiger charge is -2.15.